The largest absolute Gasteiger partial charge is 0.497 e. The van der Waals surface area contributed by atoms with Crippen LogP contribution in [0.5, 0.6) is 11.5 Å². The van der Waals surface area contributed by atoms with Gasteiger partial charge >= 0.3 is 0 Å². The molecule has 2 N–H and O–H groups in total. The van der Waals surface area contributed by atoms with Gasteiger partial charge in [0.05, 0.1) is 13.7 Å². The number of aliphatic imine (C=N–C) groups is 1. The molecular weight excluding hydrogens is 405 g/mol. The third-order valence-electron chi connectivity index (χ3n) is 3.52. The summed E-state index contributed by atoms with van der Waals surface area (Å²) < 4.78 is 11.1. The van der Waals surface area contributed by atoms with Crippen LogP contribution in [0, 0.1) is 5.92 Å². The van der Waals surface area contributed by atoms with Crippen LogP contribution in [0.15, 0.2) is 29.3 Å². The van der Waals surface area contributed by atoms with Gasteiger partial charge in [-0.05, 0) is 31.9 Å². The number of benzene rings is 1. The van der Waals surface area contributed by atoms with E-state index in [1.807, 2.05) is 31.2 Å². The molecule has 0 aromatic heterocycles. The first-order valence-electron chi connectivity index (χ1n) is 7.74. The molecule has 2 unspecified atom stereocenters. The maximum absolute atomic E-state index is 5.88. The van der Waals surface area contributed by atoms with Crippen molar-refractivity contribution in [1.29, 1.82) is 0 Å². The first-order chi connectivity index (χ1) is 10.5. The molecule has 0 saturated carbocycles. The highest BCUT2D eigenvalue weighted by Gasteiger charge is 2.10. The second-order valence-electron chi connectivity index (χ2n) is 5.74. The van der Waals surface area contributed by atoms with E-state index in [0.29, 0.717) is 18.5 Å². The molecule has 2 atom stereocenters. The van der Waals surface area contributed by atoms with E-state index < -0.39 is 0 Å². The van der Waals surface area contributed by atoms with Gasteiger partial charge in [0.2, 0.25) is 0 Å². The van der Waals surface area contributed by atoms with Crippen LogP contribution in [-0.2, 0) is 0 Å². The van der Waals surface area contributed by atoms with Gasteiger partial charge in [-0.15, -0.1) is 24.0 Å². The summed E-state index contributed by atoms with van der Waals surface area (Å²) in [6.45, 7) is 9.19. The lowest BCUT2D eigenvalue weighted by Crippen LogP contribution is -2.46. The first kappa shape index (κ1) is 21.8. The summed E-state index contributed by atoms with van der Waals surface area (Å²) in [7, 11) is 3.42. The average molecular weight is 435 g/mol. The van der Waals surface area contributed by atoms with Crippen LogP contribution >= 0.6 is 24.0 Å². The Morgan fingerprint density at radius 1 is 1.17 bits per heavy atom. The Bertz CT molecular complexity index is 481. The SMILES string of the molecule is CN=C(NCC(C)Oc1cccc(OC)c1)NC(C)C(C)C.I. The fourth-order valence-corrected chi connectivity index (χ4v) is 1.77. The summed E-state index contributed by atoms with van der Waals surface area (Å²) in [5, 5.41) is 6.65. The first-order valence-corrected chi connectivity index (χ1v) is 7.74. The second kappa shape index (κ2) is 11.4. The third-order valence-corrected chi connectivity index (χ3v) is 3.52. The number of nitrogens with one attached hydrogen (secondary N) is 2. The smallest absolute Gasteiger partial charge is 0.191 e. The van der Waals surface area contributed by atoms with Gasteiger partial charge in [-0.3, -0.25) is 4.99 Å². The minimum Gasteiger partial charge on any atom is -0.497 e. The van der Waals surface area contributed by atoms with Crippen molar-refractivity contribution in [2.24, 2.45) is 10.9 Å². The molecule has 1 rings (SSSR count). The van der Waals surface area contributed by atoms with Crippen LogP contribution in [0.4, 0.5) is 0 Å². The minimum atomic E-state index is 0. The van der Waals surface area contributed by atoms with Crippen LogP contribution < -0.4 is 20.1 Å². The summed E-state index contributed by atoms with van der Waals surface area (Å²) in [4.78, 5) is 4.24. The zero-order valence-electron chi connectivity index (χ0n) is 14.9. The van der Waals surface area contributed by atoms with Crippen molar-refractivity contribution in [2.45, 2.75) is 39.8 Å². The molecule has 6 heteroatoms. The molecule has 0 aliphatic heterocycles. The molecule has 0 heterocycles. The van der Waals surface area contributed by atoms with Crippen LogP contribution in [0.25, 0.3) is 0 Å². The summed E-state index contributed by atoms with van der Waals surface area (Å²) in [5.41, 5.74) is 0. The highest BCUT2D eigenvalue weighted by Crippen LogP contribution is 2.19. The maximum atomic E-state index is 5.88. The highest BCUT2D eigenvalue weighted by molar-refractivity contribution is 14.0. The Hall–Kier alpha value is -1.18. The number of methoxy groups -OCH3 is 1. The van der Waals surface area contributed by atoms with Crippen molar-refractivity contribution >= 4 is 29.9 Å². The van der Waals surface area contributed by atoms with E-state index in [2.05, 4.69) is 36.4 Å². The molecule has 23 heavy (non-hydrogen) atoms. The normalized spacial score (nSPS) is 13.8. The maximum Gasteiger partial charge on any atom is 0.191 e. The standard InChI is InChI=1S/C17H29N3O2.HI/c1-12(2)14(4)20-17(18-5)19-11-13(3)22-16-9-7-8-15(10-16)21-6;/h7-10,12-14H,11H2,1-6H3,(H2,18,19,20);1H. The van der Waals surface area contributed by atoms with E-state index in [1.54, 1.807) is 14.2 Å². The number of nitrogens with zero attached hydrogens (tertiary/aromatic N) is 1. The van der Waals surface area contributed by atoms with Gasteiger partial charge in [0, 0.05) is 19.2 Å². The third kappa shape index (κ3) is 8.29. The van der Waals surface area contributed by atoms with Crippen LogP contribution in [0.3, 0.4) is 0 Å². The molecule has 0 fully saturated rings. The van der Waals surface area contributed by atoms with Gasteiger partial charge in [-0.1, -0.05) is 19.9 Å². The zero-order valence-corrected chi connectivity index (χ0v) is 17.3. The quantitative estimate of drug-likeness (QED) is 0.392. The van der Waals surface area contributed by atoms with Crippen molar-refractivity contribution < 1.29 is 9.47 Å². The number of hydrogen-bond donors (Lipinski definition) is 2. The van der Waals surface area contributed by atoms with Crippen molar-refractivity contribution in [3.05, 3.63) is 24.3 Å². The van der Waals surface area contributed by atoms with E-state index in [1.165, 1.54) is 0 Å². The van der Waals surface area contributed by atoms with Crippen LogP contribution in [-0.4, -0.2) is 38.8 Å². The predicted octanol–water partition coefficient (Wildman–Crippen LogP) is 3.29. The molecule has 0 saturated heterocycles. The lowest BCUT2D eigenvalue weighted by atomic mass is 10.1. The Morgan fingerprint density at radius 2 is 1.83 bits per heavy atom. The van der Waals surface area contributed by atoms with Gasteiger partial charge in [-0.25, -0.2) is 0 Å². The monoisotopic (exact) mass is 435 g/mol. The molecule has 1 aromatic carbocycles. The Balaban J connectivity index is 0.00000484. The second-order valence-corrected chi connectivity index (χ2v) is 5.74. The van der Waals surface area contributed by atoms with Gasteiger partial charge < -0.3 is 20.1 Å². The summed E-state index contributed by atoms with van der Waals surface area (Å²) >= 11 is 0. The summed E-state index contributed by atoms with van der Waals surface area (Å²) in [6, 6.07) is 7.98. The fraction of sp³-hybridized carbons (Fsp3) is 0.588. The molecule has 0 aliphatic carbocycles. The molecule has 0 bridgehead atoms. The number of guanidine groups is 1. The van der Waals surface area contributed by atoms with Crippen LogP contribution in [0.2, 0.25) is 0 Å². The molecule has 1 aromatic rings. The van der Waals surface area contributed by atoms with E-state index in [-0.39, 0.29) is 30.1 Å². The molecule has 0 aliphatic rings. The van der Waals surface area contributed by atoms with Gasteiger partial charge in [0.15, 0.2) is 5.96 Å². The lowest BCUT2D eigenvalue weighted by Gasteiger charge is -2.22. The predicted molar refractivity (Wildman–Crippen MR) is 107 cm³/mol. The molecule has 132 valence electrons. The van der Waals surface area contributed by atoms with Crippen LogP contribution in [0.1, 0.15) is 27.7 Å². The Labute approximate surface area is 157 Å². The van der Waals surface area contributed by atoms with E-state index in [9.17, 15) is 0 Å². The van der Waals surface area contributed by atoms with Gasteiger partial charge in [0.1, 0.15) is 17.6 Å². The van der Waals surface area contributed by atoms with E-state index in [0.717, 1.165) is 17.5 Å². The molecular formula is C17H30IN3O2. The van der Waals surface area contributed by atoms with Crippen molar-refractivity contribution in [1.82, 2.24) is 10.6 Å². The minimum absolute atomic E-state index is 0. The van der Waals surface area contributed by atoms with Crippen molar-refractivity contribution in [3.8, 4) is 11.5 Å². The number of halogens is 1. The molecule has 0 amide bonds. The zero-order chi connectivity index (χ0) is 16.5. The number of rotatable bonds is 7. The fourth-order valence-electron chi connectivity index (χ4n) is 1.77. The number of ether oxygens (including phenoxy) is 2. The van der Waals surface area contributed by atoms with Crippen molar-refractivity contribution in [2.75, 3.05) is 20.7 Å². The average Bonchev–Trinajstić information content (AvgIpc) is 2.51. The summed E-state index contributed by atoms with van der Waals surface area (Å²) in [5.74, 6) is 2.93. The topological polar surface area (TPSA) is 54.9 Å². The van der Waals surface area contributed by atoms with E-state index >= 15 is 0 Å². The summed E-state index contributed by atoms with van der Waals surface area (Å²) in [6.07, 6.45) is 0.0139. The molecule has 0 radical (unpaired) electrons. The van der Waals surface area contributed by atoms with Gasteiger partial charge in [0.25, 0.3) is 0 Å². The lowest BCUT2D eigenvalue weighted by molar-refractivity contribution is 0.222. The number of hydrogen-bond acceptors (Lipinski definition) is 3. The molecule has 0 spiro atoms. The van der Waals surface area contributed by atoms with Gasteiger partial charge in [-0.2, -0.15) is 0 Å². The Kier molecular flexibility index (Phi) is 10.8. The Morgan fingerprint density at radius 3 is 2.39 bits per heavy atom. The van der Waals surface area contributed by atoms with E-state index in [4.69, 9.17) is 9.47 Å². The highest BCUT2D eigenvalue weighted by atomic mass is 127. The van der Waals surface area contributed by atoms with Crippen molar-refractivity contribution in [3.63, 3.8) is 0 Å². The molecule has 5 nitrogen and oxygen atoms in total.